The zero-order chi connectivity index (χ0) is 15.0. The number of aromatic nitrogens is 1. The number of rotatable bonds is 2. The SMILES string of the molecule is Nc1ncccc1CN1CCC2(CC1)CNc1ccccc12. The van der Waals surface area contributed by atoms with Gasteiger partial charge in [0.25, 0.3) is 0 Å². The maximum atomic E-state index is 5.97. The lowest BCUT2D eigenvalue weighted by molar-refractivity contribution is 0.162. The standard InChI is InChI=1S/C18H22N4/c19-17-14(4-3-9-20-17)12-22-10-7-18(8-11-22)13-21-16-6-2-1-5-15(16)18/h1-6,9,21H,7-8,10-13H2,(H2,19,20). The number of pyridine rings is 1. The lowest BCUT2D eigenvalue weighted by atomic mass is 9.74. The predicted molar refractivity (Wildman–Crippen MR) is 89.8 cm³/mol. The molecule has 1 aromatic heterocycles. The van der Waals surface area contributed by atoms with Crippen molar-refractivity contribution in [2.24, 2.45) is 0 Å². The number of hydrogen-bond acceptors (Lipinski definition) is 4. The van der Waals surface area contributed by atoms with Crippen molar-refractivity contribution in [3.8, 4) is 0 Å². The lowest BCUT2D eigenvalue weighted by Crippen LogP contribution is -2.43. The first-order chi connectivity index (χ1) is 10.8. The predicted octanol–water partition coefficient (Wildman–Crippen LogP) is 2.62. The fourth-order valence-corrected chi connectivity index (χ4v) is 3.87. The van der Waals surface area contributed by atoms with Gasteiger partial charge in [-0.2, -0.15) is 0 Å². The van der Waals surface area contributed by atoms with Crippen molar-refractivity contribution in [1.82, 2.24) is 9.88 Å². The number of nitrogen functional groups attached to an aromatic ring is 1. The average Bonchev–Trinajstić information content (AvgIpc) is 2.91. The van der Waals surface area contributed by atoms with Crippen molar-refractivity contribution in [3.05, 3.63) is 53.7 Å². The third kappa shape index (κ3) is 2.24. The van der Waals surface area contributed by atoms with Gasteiger partial charge in [0, 0.05) is 36.0 Å². The number of anilines is 2. The van der Waals surface area contributed by atoms with E-state index in [4.69, 9.17) is 5.73 Å². The highest BCUT2D eigenvalue weighted by Gasteiger charge is 2.41. The molecule has 0 amide bonds. The summed E-state index contributed by atoms with van der Waals surface area (Å²) in [6, 6.07) is 12.8. The molecule has 2 aliphatic heterocycles. The Morgan fingerprint density at radius 1 is 1.14 bits per heavy atom. The van der Waals surface area contributed by atoms with Crippen LogP contribution in [0.4, 0.5) is 11.5 Å². The zero-order valence-corrected chi connectivity index (χ0v) is 12.8. The molecule has 0 radical (unpaired) electrons. The van der Waals surface area contributed by atoms with Crippen molar-refractivity contribution in [2.75, 3.05) is 30.7 Å². The van der Waals surface area contributed by atoms with Crippen molar-refractivity contribution in [3.63, 3.8) is 0 Å². The molecule has 22 heavy (non-hydrogen) atoms. The molecule has 0 atom stereocenters. The van der Waals surface area contributed by atoms with Crippen LogP contribution in [-0.2, 0) is 12.0 Å². The van der Waals surface area contributed by atoms with Crippen molar-refractivity contribution in [2.45, 2.75) is 24.8 Å². The van der Waals surface area contributed by atoms with E-state index < -0.39 is 0 Å². The summed E-state index contributed by atoms with van der Waals surface area (Å²) >= 11 is 0. The molecule has 3 heterocycles. The van der Waals surface area contributed by atoms with Crippen molar-refractivity contribution < 1.29 is 0 Å². The minimum absolute atomic E-state index is 0.327. The molecule has 4 heteroatoms. The summed E-state index contributed by atoms with van der Waals surface area (Å²) in [5, 5.41) is 3.59. The average molecular weight is 294 g/mol. The van der Waals surface area contributed by atoms with Gasteiger partial charge in [-0.15, -0.1) is 0 Å². The molecular weight excluding hydrogens is 272 g/mol. The summed E-state index contributed by atoms with van der Waals surface area (Å²) in [4.78, 5) is 6.69. The van der Waals surface area contributed by atoms with E-state index in [2.05, 4.69) is 45.5 Å². The summed E-state index contributed by atoms with van der Waals surface area (Å²) in [5.41, 5.74) is 10.3. The Bertz CT molecular complexity index is 674. The summed E-state index contributed by atoms with van der Waals surface area (Å²) < 4.78 is 0. The van der Waals surface area contributed by atoms with Crippen LogP contribution in [0.5, 0.6) is 0 Å². The van der Waals surface area contributed by atoms with Crippen LogP contribution in [-0.4, -0.2) is 29.5 Å². The van der Waals surface area contributed by atoms with E-state index in [0.717, 1.165) is 31.7 Å². The molecule has 3 N–H and O–H groups in total. The molecule has 114 valence electrons. The maximum absolute atomic E-state index is 5.97. The van der Waals surface area contributed by atoms with E-state index >= 15 is 0 Å². The maximum Gasteiger partial charge on any atom is 0.127 e. The Balaban J connectivity index is 1.47. The number of nitrogens with two attached hydrogens (primary N) is 1. The minimum Gasteiger partial charge on any atom is -0.384 e. The Kier molecular flexibility index (Phi) is 3.26. The van der Waals surface area contributed by atoms with Gasteiger partial charge < -0.3 is 11.1 Å². The van der Waals surface area contributed by atoms with Gasteiger partial charge in [-0.3, -0.25) is 4.90 Å². The van der Waals surface area contributed by atoms with Crippen LogP contribution in [0.3, 0.4) is 0 Å². The molecular formula is C18H22N4. The number of nitrogens with one attached hydrogen (secondary N) is 1. The van der Waals surface area contributed by atoms with Crippen LogP contribution in [0.25, 0.3) is 0 Å². The van der Waals surface area contributed by atoms with E-state index in [1.54, 1.807) is 6.20 Å². The largest absolute Gasteiger partial charge is 0.384 e. The smallest absolute Gasteiger partial charge is 0.127 e. The number of para-hydroxylation sites is 1. The lowest BCUT2D eigenvalue weighted by Gasteiger charge is -2.39. The minimum atomic E-state index is 0.327. The number of nitrogens with zero attached hydrogens (tertiary/aromatic N) is 2. The number of likely N-dealkylation sites (tertiary alicyclic amines) is 1. The molecule has 1 spiro atoms. The second kappa shape index (κ2) is 5.29. The molecule has 4 nitrogen and oxygen atoms in total. The normalized spacial score (nSPS) is 19.8. The molecule has 1 saturated heterocycles. The van der Waals surface area contributed by atoms with E-state index in [1.807, 2.05) is 6.07 Å². The molecule has 4 rings (SSSR count). The molecule has 2 aromatic rings. The van der Waals surface area contributed by atoms with E-state index in [9.17, 15) is 0 Å². The van der Waals surface area contributed by atoms with Gasteiger partial charge in [-0.1, -0.05) is 24.3 Å². The van der Waals surface area contributed by atoms with Crippen LogP contribution in [0.1, 0.15) is 24.0 Å². The fraction of sp³-hybridized carbons (Fsp3) is 0.389. The van der Waals surface area contributed by atoms with Crippen LogP contribution in [0.15, 0.2) is 42.6 Å². The summed E-state index contributed by atoms with van der Waals surface area (Å²) in [5.74, 6) is 0.663. The molecule has 2 aliphatic rings. The van der Waals surface area contributed by atoms with Crippen LogP contribution in [0.2, 0.25) is 0 Å². The van der Waals surface area contributed by atoms with Gasteiger partial charge in [-0.05, 0) is 43.6 Å². The summed E-state index contributed by atoms with van der Waals surface area (Å²) in [7, 11) is 0. The van der Waals surface area contributed by atoms with Crippen LogP contribution >= 0.6 is 0 Å². The molecule has 1 fully saturated rings. The zero-order valence-electron chi connectivity index (χ0n) is 12.8. The highest BCUT2D eigenvalue weighted by molar-refractivity contribution is 5.60. The highest BCUT2D eigenvalue weighted by Crippen LogP contribution is 2.43. The first kappa shape index (κ1) is 13.6. The second-order valence-electron chi connectivity index (χ2n) is 6.50. The van der Waals surface area contributed by atoms with Gasteiger partial charge in [0.05, 0.1) is 0 Å². The molecule has 0 saturated carbocycles. The van der Waals surface area contributed by atoms with Crippen molar-refractivity contribution >= 4 is 11.5 Å². The Labute approximate surface area is 131 Å². The highest BCUT2D eigenvalue weighted by atomic mass is 15.1. The molecule has 0 bridgehead atoms. The van der Waals surface area contributed by atoms with E-state index in [0.29, 0.717) is 11.2 Å². The van der Waals surface area contributed by atoms with E-state index in [-0.39, 0.29) is 0 Å². The van der Waals surface area contributed by atoms with Gasteiger partial charge in [-0.25, -0.2) is 4.98 Å². The molecule has 0 aliphatic carbocycles. The third-order valence-electron chi connectivity index (χ3n) is 5.25. The monoisotopic (exact) mass is 294 g/mol. The van der Waals surface area contributed by atoms with Crippen LogP contribution in [0, 0.1) is 0 Å². The van der Waals surface area contributed by atoms with E-state index in [1.165, 1.54) is 24.1 Å². The number of piperidine rings is 1. The Hall–Kier alpha value is -2.07. The molecule has 0 unspecified atom stereocenters. The number of fused-ring (bicyclic) bond motifs is 2. The summed E-state index contributed by atoms with van der Waals surface area (Å²) in [6.45, 7) is 4.22. The van der Waals surface area contributed by atoms with Crippen LogP contribution < -0.4 is 11.1 Å². The van der Waals surface area contributed by atoms with Gasteiger partial charge in [0.2, 0.25) is 0 Å². The number of hydrogen-bond donors (Lipinski definition) is 2. The fourth-order valence-electron chi connectivity index (χ4n) is 3.87. The van der Waals surface area contributed by atoms with Crippen molar-refractivity contribution in [1.29, 1.82) is 0 Å². The number of benzene rings is 1. The second-order valence-corrected chi connectivity index (χ2v) is 6.50. The van der Waals surface area contributed by atoms with Gasteiger partial charge in [0.1, 0.15) is 5.82 Å². The first-order valence-electron chi connectivity index (χ1n) is 8.02. The topological polar surface area (TPSA) is 54.2 Å². The third-order valence-corrected chi connectivity index (χ3v) is 5.25. The quantitative estimate of drug-likeness (QED) is 0.894. The Morgan fingerprint density at radius 3 is 2.77 bits per heavy atom. The molecule has 1 aromatic carbocycles. The van der Waals surface area contributed by atoms with Gasteiger partial charge >= 0.3 is 0 Å². The van der Waals surface area contributed by atoms with Gasteiger partial charge in [0.15, 0.2) is 0 Å². The summed E-state index contributed by atoms with van der Waals surface area (Å²) in [6.07, 6.45) is 4.17. The first-order valence-corrected chi connectivity index (χ1v) is 8.02. The Morgan fingerprint density at radius 2 is 1.95 bits per heavy atom.